The van der Waals surface area contributed by atoms with Crippen LogP contribution in [-0.2, 0) is 22.7 Å². The zero-order chi connectivity index (χ0) is 42.4. The Morgan fingerprint density at radius 1 is 0.448 bits per heavy atom. The molecule has 58 heavy (non-hydrogen) atoms. The Bertz CT molecular complexity index is 1560. The van der Waals surface area contributed by atoms with Crippen LogP contribution in [0.15, 0.2) is 85.5 Å². The van der Waals surface area contributed by atoms with Crippen molar-refractivity contribution in [1.82, 2.24) is 0 Å². The topological polar surface area (TPSA) is 169 Å². The van der Waals surface area contributed by atoms with Gasteiger partial charge in [-0.25, -0.2) is 9.13 Å². The van der Waals surface area contributed by atoms with Crippen LogP contribution in [0.25, 0.3) is 21.5 Å². The fraction of sp³-hybridized carbons (Fsp3) is 0.583. The number of fused-ring (bicyclic) bond motifs is 2. The van der Waals surface area contributed by atoms with Gasteiger partial charge in [0.15, 0.2) is 24.8 Å². The lowest BCUT2D eigenvalue weighted by molar-refractivity contribution is -0.696. The monoisotopic (exact) mass is 805 g/mol. The maximum Gasteiger partial charge on any atom is 0.176 e. The van der Waals surface area contributed by atoms with Gasteiger partial charge in [0.2, 0.25) is 0 Å². The molecule has 0 aliphatic carbocycles. The number of aryl methyl sites for hydroxylation is 2. The van der Waals surface area contributed by atoms with E-state index in [-0.39, 0.29) is 0 Å². The molecule has 0 aliphatic heterocycles. The molecule has 4 atom stereocenters. The number of aliphatic hydroxyl groups excluding tert-OH is 4. The van der Waals surface area contributed by atoms with Gasteiger partial charge in [-0.3, -0.25) is 0 Å². The maximum atomic E-state index is 9.96. The van der Waals surface area contributed by atoms with Gasteiger partial charge in [-0.05, 0) is 35.7 Å². The molecular weight excluding hydrogens is 733 g/mol. The number of benzene rings is 2. The number of pyridine rings is 2. The minimum atomic E-state index is -2.50. The molecule has 2 aromatic heterocycles. The highest BCUT2D eigenvalue weighted by molar-refractivity contribution is 5.81. The van der Waals surface area contributed by atoms with Crippen molar-refractivity contribution in [2.24, 2.45) is 0 Å². The van der Waals surface area contributed by atoms with Gasteiger partial charge in [-0.15, -0.1) is 0 Å². The molecule has 10 nitrogen and oxygen atoms in total. The molecule has 4 rings (SSSR count). The summed E-state index contributed by atoms with van der Waals surface area (Å²) < 4.78 is 4.68. The fourth-order valence-corrected chi connectivity index (χ4v) is 6.85. The standard InChI is InChI=1S/2C21H32N.C6H10O8/c2*1-2-3-4-5-6-7-8-9-10-13-17-22-18-16-20-14-11-12-15-21(20)19-22;7-1(3(9)5(11)12)2(8)4(10)6(13)14/h2*11-12,14-16,18-19H,2-10,13,17H2,1H3;1-4,7-10H,(H,11,12)(H,13,14)/q2*+1;/p-2/t;;1-,2-,3-,4+/m..0/s1. The lowest BCUT2D eigenvalue weighted by Gasteiger charge is -2.27. The molecule has 0 fully saturated rings. The summed E-state index contributed by atoms with van der Waals surface area (Å²) in [4.78, 5) is 19.9. The van der Waals surface area contributed by atoms with Crippen molar-refractivity contribution < 1.29 is 49.4 Å². The van der Waals surface area contributed by atoms with Crippen LogP contribution >= 0.6 is 0 Å². The first-order chi connectivity index (χ1) is 28.1. The molecule has 0 bridgehead atoms. The number of rotatable bonds is 27. The van der Waals surface area contributed by atoms with E-state index in [1.54, 1.807) is 0 Å². The van der Waals surface area contributed by atoms with Gasteiger partial charge in [-0.2, -0.15) is 0 Å². The van der Waals surface area contributed by atoms with E-state index in [1.165, 1.54) is 150 Å². The van der Waals surface area contributed by atoms with Crippen LogP contribution in [0.1, 0.15) is 142 Å². The average Bonchev–Trinajstić information content (AvgIpc) is 3.24. The number of carbonyl (C=O) groups is 2. The third-order valence-corrected chi connectivity index (χ3v) is 10.5. The smallest absolute Gasteiger partial charge is 0.176 e. The highest BCUT2D eigenvalue weighted by Gasteiger charge is 2.31. The fourth-order valence-electron chi connectivity index (χ4n) is 6.85. The van der Waals surface area contributed by atoms with Crippen LogP contribution < -0.4 is 19.3 Å². The molecule has 0 aliphatic rings. The summed E-state index contributed by atoms with van der Waals surface area (Å²) in [6.07, 6.45) is 27.3. The van der Waals surface area contributed by atoms with E-state index in [0.717, 1.165) is 13.1 Å². The summed E-state index contributed by atoms with van der Waals surface area (Å²) in [5.74, 6) is -4.22. The van der Waals surface area contributed by atoms with Crippen LogP contribution in [0.3, 0.4) is 0 Å². The lowest BCUT2D eigenvalue weighted by Crippen LogP contribution is -2.55. The van der Waals surface area contributed by atoms with E-state index in [4.69, 9.17) is 20.4 Å². The summed E-state index contributed by atoms with van der Waals surface area (Å²) in [7, 11) is 0. The predicted octanol–water partition coefficient (Wildman–Crippen LogP) is 6.03. The molecular formula is C48H72N2O8. The number of hydrogen-bond acceptors (Lipinski definition) is 8. The van der Waals surface area contributed by atoms with Crippen molar-refractivity contribution in [3.63, 3.8) is 0 Å². The Labute approximate surface area is 347 Å². The summed E-state index contributed by atoms with van der Waals surface area (Å²) in [5, 5.41) is 60.1. The van der Waals surface area contributed by atoms with Crippen LogP contribution in [-0.4, -0.2) is 56.8 Å². The minimum absolute atomic E-state index is 1.15. The Morgan fingerprint density at radius 2 is 0.724 bits per heavy atom. The first-order valence-electron chi connectivity index (χ1n) is 22.0. The largest absolute Gasteiger partial charge is 0.547 e. The Balaban J connectivity index is 0.000000309. The number of hydrogen-bond donors (Lipinski definition) is 4. The molecule has 2 heterocycles. The van der Waals surface area contributed by atoms with Crippen LogP contribution in [0.2, 0.25) is 0 Å². The summed E-state index contributed by atoms with van der Waals surface area (Å²) in [6, 6.07) is 21.7. The minimum Gasteiger partial charge on any atom is -0.547 e. The maximum absolute atomic E-state index is 9.96. The number of aliphatic carboxylic acids is 2. The number of nitrogens with zero attached hydrogens (tertiary/aromatic N) is 2. The van der Waals surface area contributed by atoms with Gasteiger partial charge in [0.25, 0.3) is 0 Å². The highest BCUT2D eigenvalue weighted by Crippen LogP contribution is 2.14. The molecule has 10 heteroatoms. The molecule has 2 aromatic carbocycles. The van der Waals surface area contributed by atoms with Gasteiger partial charge < -0.3 is 40.2 Å². The van der Waals surface area contributed by atoms with E-state index in [2.05, 4.69) is 108 Å². The van der Waals surface area contributed by atoms with E-state index in [0.29, 0.717) is 0 Å². The molecule has 0 radical (unpaired) electrons. The number of aromatic nitrogens is 2. The molecule has 322 valence electrons. The van der Waals surface area contributed by atoms with E-state index >= 15 is 0 Å². The Kier molecular flexibility index (Phi) is 26.8. The molecule has 0 spiro atoms. The quantitative estimate of drug-likeness (QED) is 0.0419. The van der Waals surface area contributed by atoms with Crippen molar-refractivity contribution in [2.75, 3.05) is 0 Å². The summed E-state index contributed by atoms with van der Waals surface area (Å²) in [5.41, 5.74) is 0. The van der Waals surface area contributed by atoms with Gasteiger partial charge in [0.05, 0.1) is 11.9 Å². The second kappa shape index (κ2) is 31.0. The average molecular weight is 805 g/mol. The molecule has 4 aromatic rings. The van der Waals surface area contributed by atoms with E-state index in [9.17, 15) is 19.8 Å². The zero-order valence-electron chi connectivity index (χ0n) is 35.3. The van der Waals surface area contributed by atoms with E-state index < -0.39 is 36.4 Å². The van der Waals surface area contributed by atoms with Crippen molar-refractivity contribution in [3.05, 3.63) is 85.5 Å². The normalized spacial score (nSPS) is 13.1. The van der Waals surface area contributed by atoms with Crippen LogP contribution in [0, 0.1) is 0 Å². The highest BCUT2D eigenvalue weighted by atomic mass is 16.4. The Morgan fingerprint density at radius 3 is 1.02 bits per heavy atom. The first-order valence-corrected chi connectivity index (χ1v) is 22.0. The van der Waals surface area contributed by atoms with Crippen LogP contribution in [0.4, 0.5) is 0 Å². The van der Waals surface area contributed by atoms with Crippen molar-refractivity contribution in [2.45, 2.75) is 180 Å². The number of unbranched alkanes of at least 4 members (excludes halogenated alkanes) is 18. The second-order valence-corrected chi connectivity index (χ2v) is 15.5. The van der Waals surface area contributed by atoms with Gasteiger partial charge in [0.1, 0.15) is 37.5 Å². The molecule has 0 saturated heterocycles. The molecule has 4 N–H and O–H groups in total. The summed E-state index contributed by atoms with van der Waals surface area (Å²) in [6.45, 7) is 6.88. The SMILES string of the molecule is CCCCCCCCCCCC[n+]1ccc2ccccc2c1.CCCCCCCCCCCC[n+]1ccc2ccccc2c1.O=C([O-])[C@@H](O)[C@@H](O)[C@H](O)[C@@H](O)C(=O)[O-]. The van der Waals surface area contributed by atoms with Crippen molar-refractivity contribution in [1.29, 1.82) is 0 Å². The predicted molar refractivity (Wildman–Crippen MR) is 226 cm³/mol. The van der Waals surface area contributed by atoms with Gasteiger partial charge >= 0.3 is 0 Å². The van der Waals surface area contributed by atoms with Crippen molar-refractivity contribution in [3.8, 4) is 0 Å². The zero-order valence-corrected chi connectivity index (χ0v) is 35.3. The van der Waals surface area contributed by atoms with E-state index in [1.807, 2.05) is 0 Å². The third-order valence-electron chi connectivity index (χ3n) is 10.5. The van der Waals surface area contributed by atoms with Crippen LogP contribution in [0.5, 0.6) is 0 Å². The first kappa shape index (κ1) is 50.2. The number of carbonyl (C=O) groups excluding carboxylic acids is 2. The lowest BCUT2D eigenvalue weighted by atomic mass is 10.0. The Hall–Kier alpha value is -3.96. The van der Waals surface area contributed by atoms with Gasteiger partial charge in [0, 0.05) is 35.7 Å². The molecule has 0 saturated carbocycles. The second-order valence-electron chi connectivity index (χ2n) is 15.5. The number of aliphatic hydroxyl groups is 4. The van der Waals surface area contributed by atoms with Crippen molar-refractivity contribution >= 4 is 33.5 Å². The summed E-state index contributed by atoms with van der Waals surface area (Å²) >= 11 is 0. The molecule has 0 unspecified atom stereocenters. The third kappa shape index (κ3) is 21.2. The number of carboxylic acid groups (broad SMARTS) is 2. The number of carboxylic acids is 2. The molecule has 0 amide bonds. The van der Waals surface area contributed by atoms with Gasteiger partial charge in [-0.1, -0.05) is 153 Å².